The summed E-state index contributed by atoms with van der Waals surface area (Å²) >= 11 is 1.82. The van der Waals surface area contributed by atoms with Crippen LogP contribution in [0.4, 0.5) is 0 Å². The first-order valence-electron chi connectivity index (χ1n) is 7.82. The third-order valence-electron chi connectivity index (χ3n) is 4.18. The molecule has 0 aliphatic carbocycles. The molecule has 2 heterocycles. The molecule has 22 heavy (non-hydrogen) atoms. The van der Waals surface area contributed by atoms with Crippen LogP contribution in [0.25, 0.3) is 0 Å². The molecule has 1 aliphatic heterocycles. The van der Waals surface area contributed by atoms with Gasteiger partial charge in [0.2, 0.25) is 0 Å². The quantitative estimate of drug-likeness (QED) is 0.783. The van der Waals surface area contributed by atoms with E-state index in [0.717, 1.165) is 44.6 Å². The van der Waals surface area contributed by atoms with Gasteiger partial charge in [0, 0.05) is 30.1 Å². The molecule has 0 saturated heterocycles. The molecule has 0 atom stereocenters. The molecule has 2 aromatic rings. The summed E-state index contributed by atoms with van der Waals surface area (Å²) < 4.78 is 0. The molecule has 0 radical (unpaired) electrons. The third-order valence-corrected chi connectivity index (χ3v) is 5.12. The maximum Gasteiger partial charge on any atom is 0.254 e. The molecule has 0 spiro atoms. The minimum absolute atomic E-state index is 0.192. The number of carbonyl (C=O) groups excluding carboxylic acids is 1. The Morgan fingerprint density at radius 2 is 2.05 bits per heavy atom. The lowest BCUT2D eigenvalue weighted by atomic mass is 10.1. The number of hydrogen-bond donors (Lipinski definition) is 0. The first kappa shape index (κ1) is 15.3. The Kier molecular flexibility index (Phi) is 4.90. The number of amides is 1. The van der Waals surface area contributed by atoms with Crippen LogP contribution >= 0.6 is 11.3 Å². The first-order chi connectivity index (χ1) is 10.7. The molecule has 0 unspecified atom stereocenters. The molecule has 1 aliphatic rings. The zero-order valence-electron chi connectivity index (χ0n) is 13.0. The lowest BCUT2D eigenvalue weighted by molar-refractivity contribution is 0.0772. The van der Waals surface area contributed by atoms with Gasteiger partial charge in [-0.3, -0.25) is 4.79 Å². The summed E-state index contributed by atoms with van der Waals surface area (Å²) in [6, 6.07) is 12.2. The highest BCUT2D eigenvalue weighted by Gasteiger charge is 2.25. The molecule has 0 fully saturated rings. The number of benzene rings is 1. The van der Waals surface area contributed by atoms with Crippen LogP contribution in [0.2, 0.25) is 0 Å². The van der Waals surface area contributed by atoms with E-state index in [9.17, 15) is 4.79 Å². The Hall–Kier alpha value is -1.65. The van der Waals surface area contributed by atoms with Crippen molar-refractivity contribution in [1.82, 2.24) is 9.80 Å². The molecule has 1 aromatic heterocycles. The molecule has 4 heteroatoms. The highest BCUT2D eigenvalue weighted by molar-refractivity contribution is 7.09. The topological polar surface area (TPSA) is 23.6 Å². The number of fused-ring (bicyclic) bond motifs is 1. The summed E-state index contributed by atoms with van der Waals surface area (Å²) in [6.07, 6.45) is 2.14. The van der Waals surface area contributed by atoms with Gasteiger partial charge in [-0.15, -0.1) is 11.3 Å². The van der Waals surface area contributed by atoms with E-state index in [1.807, 2.05) is 34.4 Å². The average Bonchev–Trinajstić information content (AvgIpc) is 3.15. The maximum atomic E-state index is 12.3. The smallest absolute Gasteiger partial charge is 0.254 e. The van der Waals surface area contributed by atoms with Crippen molar-refractivity contribution < 1.29 is 4.79 Å². The van der Waals surface area contributed by atoms with E-state index < -0.39 is 0 Å². The van der Waals surface area contributed by atoms with Crippen molar-refractivity contribution in [3.63, 3.8) is 0 Å². The minimum Gasteiger partial charge on any atom is -0.334 e. The van der Waals surface area contributed by atoms with E-state index in [2.05, 4.69) is 35.5 Å². The van der Waals surface area contributed by atoms with Gasteiger partial charge in [0.25, 0.3) is 5.91 Å². The van der Waals surface area contributed by atoms with Gasteiger partial charge >= 0.3 is 0 Å². The Labute approximate surface area is 136 Å². The molecule has 1 aromatic carbocycles. The van der Waals surface area contributed by atoms with Crippen molar-refractivity contribution in [3.8, 4) is 0 Å². The van der Waals surface area contributed by atoms with E-state index in [1.165, 1.54) is 10.4 Å². The molecule has 3 rings (SSSR count). The van der Waals surface area contributed by atoms with Crippen molar-refractivity contribution in [2.45, 2.75) is 19.4 Å². The van der Waals surface area contributed by atoms with Gasteiger partial charge in [-0.05, 0) is 49.5 Å². The van der Waals surface area contributed by atoms with Gasteiger partial charge in [-0.1, -0.05) is 24.3 Å². The minimum atomic E-state index is 0.192. The molecule has 116 valence electrons. The average molecular weight is 314 g/mol. The van der Waals surface area contributed by atoms with Crippen molar-refractivity contribution >= 4 is 17.2 Å². The molecule has 0 saturated carbocycles. The molecular weight excluding hydrogens is 292 g/mol. The van der Waals surface area contributed by atoms with Gasteiger partial charge < -0.3 is 9.80 Å². The second-order valence-electron chi connectivity index (χ2n) is 5.87. The number of carbonyl (C=O) groups is 1. The fourth-order valence-electron chi connectivity index (χ4n) is 2.89. The van der Waals surface area contributed by atoms with Gasteiger partial charge in [0.1, 0.15) is 0 Å². The van der Waals surface area contributed by atoms with E-state index >= 15 is 0 Å². The highest BCUT2D eigenvalue weighted by atomic mass is 32.1. The Balaban J connectivity index is 1.39. The van der Waals surface area contributed by atoms with Crippen LogP contribution in [-0.2, 0) is 13.0 Å². The first-order valence-corrected chi connectivity index (χ1v) is 8.70. The van der Waals surface area contributed by atoms with E-state index in [1.54, 1.807) is 0 Å². The van der Waals surface area contributed by atoms with E-state index in [-0.39, 0.29) is 5.91 Å². The van der Waals surface area contributed by atoms with Gasteiger partial charge in [-0.2, -0.15) is 0 Å². The van der Waals surface area contributed by atoms with Gasteiger partial charge in [-0.25, -0.2) is 0 Å². The van der Waals surface area contributed by atoms with Crippen LogP contribution in [0, 0.1) is 0 Å². The number of nitrogens with zero attached hydrogens (tertiary/aromatic N) is 2. The van der Waals surface area contributed by atoms with Gasteiger partial charge in [0.05, 0.1) is 0 Å². The van der Waals surface area contributed by atoms with Crippen LogP contribution < -0.4 is 0 Å². The van der Waals surface area contributed by atoms with E-state index in [4.69, 9.17) is 0 Å². The Morgan fingerprint density at radius 3 is 2.82 bits per heavy atom. The summed E-state index contributed by atoms with van der Waals surface area (Å²) in [5.41, 5.74) is 2.05. The van der Waals surface area contributed by atoms with Crippen molar-refractivity contribution in [3.05, 3.63) is 57.8 Å². The standard InChI is InChI=1S/C18H22N2OS/c1-19(12-9-16-7-4-13-22-16)10-5-11-20-14-15-6-2-3-8-17(15)18(20)21/h2-4,6-8,13H,5,9-12,14H2,1H3. The fraction of sp³-hybridized carbons (Fsp3) is 0.389. The number of likely N-dealkylation sites (N-methyl/N-ethyl adjacent to an activating group) is 1. The Bertz CT molecular complexity index is 624. The maximum absolute atomic E-state index is 12.3. The molecule has 0 N–H and O–H groups in total. The monoisotopic (exact) mass is 314 g/mol. The largest absolute Gasteiger partial charge is 0.334 e. The van der Waals surface area contributed by atoms with Crippen LogP contribution in [-0.4, -0.2) is 42.4 Å². The van der Waals surface area contributed by atoms with Crippen LogP contribution in [0.1, 0.15) is 27.2 Å². The van der Waals surface area contributed by atoms with Crippen molar-refractivity contribution in [1.29, 1.82) is 0 Å². The second-order valence-corrected chi connectivity index (χ2v) is 6.90. The highest BCUT2D eigenvalue weighted by Crippen LogP contribution is 2.22. The summed E-state index contributed by atoms with van der Waals surface area (Å²) in [5.74, 6) is 0.192. The van der Waals surface area contributed by atoms with Crippen LogP contribution in [0.5, 0.6) is 0 Å². The predicted octanol–water partition coefficient (Wildman–Crippen LogP) is 3.27. The zero-order valence-corrected chi connectivity index (χ0v) is 13.8. The summed E-state index contributed by atoms with van der Waals surface area (Å²) in [4.78, 5) is 18.0. The SMILES string of the molecule is CN(CCCN1Cc2ccccc2C1=O)CCc1cccs1. The third kappa shape index (κ3) is 3.57. The zero-order chi connectivity index (χ0) is 15.4. The van der Waals surface area contributed by atoms with Crippen molar-refractivity contribution in [2.24, 2.45) is 0 Å². The second kappa shape index (κ2) is 7.07. The normalized spacial score (nSPS) is 13.9. The lowest BCUT2D eigenvalue weighted by Crippen LogP contribution is -2.29. The summed E-state index contributed by atoms with van der Waals surface area (Å²) in [5, 5.41) is 2.13. The van der Waals surface area contributed by atoms with Gasteiger partial charge in [0.15, 0.2) is 0 Å². The fourth-order valence-corrected chi connectivity index (χ4v) is 3.59. The number of rotatable bonds is 7. The molecular formula is C18H22N2OS. The number of thiophene rings is 1. The van der Waals surface area contributed by atoms with E-state index in [0.29, 0.717) is 0 Å². The summed E-state index contributed by atoms with van der Waals surface area (Å²) in [6.45, 7) is 3.73. The van der Waals surface area contributed by atoms with Crippen LogP contribution in [0.3, 0.4) is 0 Å². The predicted molar refractivity (Wildman–Crippen MR) is 91.3 cm³/mol. The number of hydrogen-bond acceptors (Lipinski definition) is 3. The molecule has 3 nitrogen and oxygen atoms in total. The molecule has 1 amide bonds. The summed E-state index contributed by atoms with van der Waals surface area (Å²) in [7, 11) is 2.16. The lowest BCUT2D eigenvalue weighted by Gasteiger charge is -2.19. The Morgan fingerprint density at radius 1 is 1.18 bits per heavy atom. The van der Waals surface area contributed by atoms with Crippen molar-refractivity contribution in [2.75, 3.05) is 26.7 Å². The van der Waals surface area contributed by atoms with Crippen LogP contribution in [0.15, 0.2) is 41.8 Å². The molecule has 0 bridgehead atoms.